The topological polar surface area (TPSA) is 76.0 Å². The van der Waals surface area contributed by atoms with Crippen LogP contribution >= 0.6 is 0 Å². The van der Waals surface area contributed by atoms with Crippen molar-refractivity contribution < 1.29 is 24.5 Å². The lowest BCUT2D eigenvalue weighted by molar-refractivity contribution is -0.133. The first-order valence-corrected chi connectivity index (χ1v) is 6.78. The predicted octanol–water partition coefficient (Wildman–Crippen LogP) is 3.16. The van der Waals surface area contributed by atoms with Crippen molar-refractivity contribution in [1.29, 1.82) is 0 Å². The molecule has 2 N–H and O–H groups in total. The van der Waals surface area contributed by atoms with E-state index in [0.29, 0.717) is 12.2 Å². The van der Waals surface area contributed by atoms with Crippen LogP contribution in [0, 0.1) is 5.92 Å². The predicted molar refractivity (Wildman–Crippen MR) is 82.5 cm³/mol. The standard InChI is InChI=1S/C17H18O5/c1-21-13-7-4-11(5-8-13)3-6-12-9-14(22-2)10-15(18)16(12)17(19)20/h3-8,10,12,18H,9H2,1-2H3,(H,19,20). The minimum Gasteiger partial charge on any atom is -0.507 e. The number of benzene rings is 1. The number of rotatable bonds is 5. The van der Waals surface area contributed by atoms with E-state index in [1.165, 1.54) is 13.2 Å². The molecule has 22 heavy (non-hydrogen) atoms. The van der Waals surface area contributed by atoms with Gasteiger partial charge in [-0.05, 0) is 17.7 Å². The van der Waals surface area contributed by atoms with Crippen molar-refractivity contribution in [3.8, 4) is 5.75 Å². The van der Waals surface area contributed by atoms with Gasteiger partial charge in [-0.15, -0.1) is 0 Å². The minimum absolute atomic E-state index is 0.0226. The van der Waals surface area contributed by atoms with Gasteiger partial charge in [0.15, 0.2) is 0 Å². The van der Waals surface area contributed by atoms with Gasteiger partial charge in [0.1, 0.15) is 17.3 Å². The quantitative estimate of drug-likeness (QED) is 0.873. The monoisotopic (exact) mass is 302 g/mol. The van der Waals surface area contributed by atoms with Crippen molar-refractivity contribution in [1.82, 2.24) is 0 Å². The van der Waals surface area contributed by atoms with Crippen LogP contribution in [0.4, 0.5) is 0 Å². The molecule has 1 aromatic carbocycles. The number of ether oxygens (including phenoxy) is 2. The molecule has 0 bridgehead atoms. The summed E-state index contributed by atoms with van der Waals surface area (Å²) in [6.45, 7) is 0. The van der Waals surface area contributed by atoms with E-state index >= 15 is 0 Å². The van der Waals surface area contributed by atoms with Crippen LogP contribution in [0.3, 0.4) is 0 Å². The number of aliphatic hydroxyl groups is 1. The van der Waals surface area contributed by atoms with Gasteiger partial charge < -0.3 is 19.7 Å². The molecular formula is C17H18O5. The molecule has 1 aliphatic carbocycles. The molecule has 1 aromatic rings. The summed E-state index contributed by atoms with van der Waals surface area (Å²) in [6.07, 6.45) is 5.32. The highest BCUT2D eigenvalue weighted by Crippen LogP contribution is 2.31. The fourth-order valence-electron chi connectivity index (χ4n) is 2.31. The Bertz CT molecular complexity index is 638. The molecule has 2 rings (SSSR count). The molecule has 0 heterocycles. The summed E-state index contributed by atoms with van der Waals surface area (Å²) in [5.41, 5.74) is 0.893. The number of aliphatic hydroxyl groups excluding tert-OH is 1. The second kappa shape index (κ2) is 6.85. The molecule has 0 saturated carbocycles. The van der Waals surface area contributed by atoms with Crippen molar-refractivity contribution in [2.45, 2.75) is 6.42 Å². The maximum atomic E-state index is 11.3. The smallest absolute Gasteiger partial charge is 0.335 e. The number of carboxylic acid groups (broad SMARTS) is 1. The molecule has 0 fully saturated rings. The molecule has 5 heteroatoms. The SMILES string of the molecule is COC1=CC(O)=C(C(=O)O)C(C=Cc2ccc(OC)cc2)C1. The Labute approximate surface area is 128 Å². The van der Waals surface area contributed by atoms with E-state index in [1.54, 1.807) is 13.2 Å². The Morgan fingerprint density at radius 1 is 1.23 bits per heavy atom. The first-order chi connectivity index (χ1) is 10.5. The number of hydrogen-bond acceptors (Lipinski definition) is 4. The van der Waals surface area contributed by atoms with Crippen LogP contribution in [0.25, 0.3) is 6.08 Å². The molecule has 5 nitrogen and oxygen atoms in total. The molecular weight excluding hydrogens is 284 g/mol. The number of carbonyl (C=O) groups is 1. The fraction of sp³-hybridized carbons (Fsp3) is 0.235. The lowest BCUT2D eigenvalue weighted by Crippen LogP contribution is -2.18. The lowest BCUT2D eigenvalue weighted by Gasteiger charge is -2.20. The summed E-state index contributed by atoms with van der Waals surface area (Å²) < 4.78 is 10.2. The second-order valence-corrected chi connectivity index (χ2v) is 4.86. The van der Waals surface area contributed by atoms with Gasteiger partial charge in [-0.3, -0.25) is 0 Å². The zero-order valence-electron chi connectivity index (χ0n) is 12.4. The Hall–Kier alpha value is -2.69. The number of allylic oxidation sites excluding steroid dienone is 3. The van der Waals surface area contributed by atoms with Gasteiger partial charge in [0.05, 0.1) is 19.8 Å². The van der Waals surface area contributed by atoms with Crippen LogP contribution in [0.2, 0.25) is 0 Å². The van der Waals surface area contributed by atoms with Crippen LogP contribution < -0.4 is 4.74 Å². The summed E-state index contributed by atoms with van der Waals surface area (Å²) in [5.74, 6) is -0.539. The number of hydrogen-bond donors (Lipinski definition) is 2. The van der Waals surface area contributed by atoms with E-state index < -0.39 is 11.9 Å². The highest BCUT2D eigenvalue weighted by atomic mass is 16.5. The van der Waals surface area contributed by atoms with Gasteiger partial charge in [0.2, 0.25) is 0 Å². The fourth-order valence-corrected chi connectivity index (χ4v) is 2.31. The van der Waals surface area contributed by atoms with Crippen molar-refractivity contribution >= 4 is 12.0 Å². The Kier molecular flexibility index (Phi) is 4.88. The molecule has 0 aliphatic heterocycles. The van der Waals surface area contributed by atoms with E-state index in [2.05, 4.69) is 0 Å². The van der Waals surface area contributed by atoms with Gasteiger partial charge in [0, 0.05) is 18.4 Å². The van der Waals surface area contributed by atoms with E-state index in [-0.39, 0.29) is 11.3 Å². The van der Waals surface area contributed by atoms with Crippen molar-refractivity contribution in [2.24, 2.45) is 5.92 Å². The zero-order valence-corrected chi connectivity index (χ0v) is 12.4. The normalized spacial score (nSPS) is 18.3. The van der Waals surface area contributed by atoms with E-state index in [9.17, 15) is 15.0 Å². The molecule has 0 radical (unpaired) electrons. The molecule has 1 unspecified atom stereocenters. The molecule has 0 spiro atoms. The third kappa shape index (κ3) is 3.49. The molecule has 0 aromatic heterocycles. The molecule has 0 saturated heterocycles. The summed E-state index contributed by atoms with van der Waals surface area (Å²) >= 11 is 0. The van der Waals surface area contributed by atoms with Gasteiger partial charge in [-0.2, -0.15) is 0 Å². The van der Waals surface area contributed by atoms with Crippen LogP contribution in [0.5, 0.6) is 5.75 Å². The molecule has 0 amide bonds. The van der Waals surface area contributed by atoms with Crippen LogP contribution in [0.15, 0.2) is 53.5 Å². The number of aliphatic carboxylic acids is 1. The Morgan fingerprint density at radius 3 is 2.45 bits per heavy atom. The second-order valence-electron chi connectivity index (χ2n) is 4.86. The van der Waals surface area contributed by atoms with Crippen LogP contribution in [-0.2, 0) is 9.53 Å². The number of carboxylic acids is 1. The van der Waals surface area contributed by atoms with Gasteiger partial charge >= 0.3 is 5.97 Å². The van der Waals surface area contributed by atoms with E-state index in [4.69, 9.17) is 9.47 Å². The first kappa shape index (κ1) is 15.7. The Morgan fingerprint density at radius 2 is 1.91 bits per heavy atom. The third-order valence-corrected chi connectivity index (χ3v) is 3.49. The van der Waals surface area contributed by atoms with Gasteiger partial charge in [-0.25, -0.2) is 4.79 Å². The average Bonchev–Trinajstić information content (AvgIpc) is 2.52. The largest absolute Gasteiger partial charge is 0.507 e. The summed E-state index contributed by atoms with van der Waals surface area (Å²) in [6, 6.07) is 7.39. The Balaban J connectivity index is 2.24. The molecule has 1 aliphatic rings. The number of methoxy groups -OCH3 is 2. The summed E-state index contributed by atoms with van der Waals surface area (Å²) in [7, 11) is 3.09. The summed E-state index contributed by atoms with van der Waals surface area (Å²) in [4.78, 5) is 11.3. The molecule has 116 valence electrons. The minimum atomic E-state index is -1.13. The first-order valence-electron chi connectivity index (χ1n) is 6.78. The van der Waals surface area contributed by atoms with E-state index in [0.717, 1.165) is 11.3 Å². The van der Waals surface area contributed by atoms with Crippen LogP contribution in [-0.4, -0.2) is 30.4 Å². The van der Waals surface area contributed by atoms with Crippen molar-refractivity contribution in [3.63, 3.8) is 0 Å². The van der Waals surface area contributed by atoms with Gasteiger partial charge in [0.25, 0.3) is 0 Å². The average molecular weight is 302 g/mol. The highest BCUT2D eigenvalue weighted by molar-refractivity contribution is 5.89. The van der Waals surface area contributed by atoms with Crippen molar-refractivity contribution in [3.05, 3.63) is 59.1 Å². The van der Waals surface area contributed by atoms with Crippen molar-refractivity contribution in [2.75, 3.05) is 14.2 Å². The van der Waals surface area contributed by atoms with E-state index in [1.807, 2.05) is 30.3 Å². The zero-order chi connectivity index (χ0) is 16.1. The lowest BCUT2D eigenvalue weighted by atomic mass is 9.88. The maximum absolute atomic E-state index is 11.3. The third-order valence-electron chi connectivity index (χ3n) is 3.49. The van der Waals surface area contributed by atoms with Gasteiger partial charge in [-0.1, -0.05) is 24.3 Å². The molecule has 1 atom stereocenters. The summed E-state index contributed by atoms with van der Waals surface area (Å²) in [5, 5.41) is 19.1. The highest BCUT2D eigenvalue weighted by Gasteiger charge is 2.27. The van der Waals surface area contributed by atoms with Crippen LogP contribution in [0.1, 0.15) is 12.0 Å². The maximum Gasteiger partial charge on any atom is 0.335 e.